The summed E-state index contributed by atoms with van der Waals surface area (Å²) in [4.78, 5) is 6.49. The second-order valence-electron chi connectivity index (χ2n) is 9.97. The van der Waals surface area contributed by atoms with E-state index in [0.29, 0.717) is 47.2 Å². The number of pyridine rings is 1. The lowest BCUT2D eigenvalue weighted by molar-refractivity contribution is -0.137. The number of ether oxygens (including phenoxy) is 1. The first-order valence-electron chi connectivity index (χ1n) is 11.3. The average Bonchev–Trinajstić information content (AvgIpc) is 3.31. The molecule has 0 amide bonds. The maximum Gasteiger partial charge on any atom is 0.417 e. The Morgan fingerprint density at radius 2 is 1.84 bits per heavy atom. The van der Waals surface area contributed by atoms with Gasteiger partial charge < -0.3 is 4.74 Å². The summed E-state index contributed by atoms with van der Waals surface area (Å²) in [7, 11) is 0. The van der Waals surface area contributed by atoms with E-state index in [-0.39, 0.29) is 6.04 Å². The molecule has 0 N–H and O–H groups in total. The number of hydrogen-bond acceptors (Lipinski definition) is 4. The molecule has 0 aromatic carbocycles. The van der Waals surface area contributed by atoms with Gasteiger partial charge in [-0.15, -0.1) is 0 Å². The molecular formula is C23H27F3N4O. The van der Waals surface area contributed by atoms with Crippen LogP contribution in [0, 0.1) is 11.8 Å². The van der Waals surface area contributed by atoms with Gasteiger partial charge in [0.1, 0.15) is 0 Å². The molecule has 0 radical (unpaired) electrons. The molecule has 2 saturated carbocycles. The van der Waals surface area contributed by atoms with Gasteiger partial charge in [-0.05, 0) is 57.1 Å². The third-order valence-corrected chi connectivity index (χ3v) is 7.79. The van der Waals surface area contributed by atoms with Gasteiger partial charge in [-0.2, -0.15) is 18.3 Å². The summed E-state index contributed by atoms with van der Waals surface area (Å²) < 4.78 is 47.2. The highest BCUT2D eigenvalue weighted by Gasteiger charge is 2.60. The van der Waals surface area contributed by atoms with Gasteiger partial charge in [0.25, 0.3) is 0 Å². The van der Waals surface area contributed by atoms with Crippen molar-refractivity contribution in [2.75, 3.05) is 13.2 Å². The summed E-state index contributed by atoms with van der Waals surface area (Å²) in [5.41, 5.74) is 1.44. The Morgan fingerprint density at radius 1 is 1.06 bits per heavy atom. The molecule has 31 heavy (non-hydrogen) atoms. The van der Waals surface area contributed by atoms with Crippen molar-refractivity contribution >= 4 is 0 Å². The van der Waals surface area contributed by atoms with Gasteiger partial charge in [-0.25, -0.2) is 0 Å². The third kappa shape index (κ3) is 3.21. The monoisotopic (exact) mass is 432 g/mol. The molecule has 2 unspecified atom stereocenters. The highest BCUT2D eigenvalue weighted by molar-refractivity contribution is 5.60. The maximum absolute atomic E-state index is 13.1. The van der Waals surface area contributed by atoms with Crippen LogP contribution in [0.2, 0.25) is 0 Å². The number of fused-ring (bicyclic) bond motifs is 3. The lowest BCUT2D eigenvalue weighted by atomic mass is 10.0. The minimum Gasteiger partial charge on any atom is -0.375 e. The molecule has 2 aromatic rings. The number of aromatic nitrogens is 3. The number of halogens is 3. The number of hydrogen-bond donors (Lipinski definition) is 0. The number of likely N-dealkylation sites (tertiary alicyclic amines) is 1. The van der Waals surface area contributed by atoms with Gasteiger partial charge in [0, 0.05) is 54.2 Å². The zero-order valence-corrected chi connectivity index (χ0v) is 17.7. The Bertz CT molecular complexity index is 991. The van der Waals surface area contributed by atoms with E-state index < -0.39 is 11.7 Å². The van der Waals surface area contributed by atoms with E-state index in [1.54, 1.807) is 0 Å². The van der Waals surface area contributed by atoms with Gasteiger partial charge in [-0.1, -0.05) is 0 Å². The molecule has 2 aromatic heterocycles. The molecule has 2 bridgehead atoms. The number of rotatable bonds is 4. The van der Waals surface area contributed by atoms with E-state index in [0.717, 1.165) is 25.4 Å². The van der Waals surface area contributed by atoms with Crippen molar-refractivity contribution in [1.29, 1.82) is 0 Å². The van der Waals surface area contributed by atoms with E-state index in [9.17, 15) is 13.2 Å². The molecule has 2 saturated heterocycles. The smallest absolute Gasteiger partial charge is 0.375 e. The van der Waals surface area contributed by atoms with Crippen molar-refractivity contribution in [3.8, 4) is 11.3 Å². The molecule has 8 heteroatoms. The Labute approximate surface area is 179 Å². The summed E-state index contributed by atoms with van der Waals surface area (Å²) in [6, 6.07) is 4.57. The zero-order valence-electron chi connectivity index (χ0n) is 17.7. The molecule has 4 aliphatic rings. The number of nitrogens with zero attached hydrogens (tertiary/aromatic N) is 4. The second kappa shape index (κ2) is 6.78. The first-order valence-corrected chi connectivity index (χ1v) is 11.3. The highest BCUT2D eigenvalue weighted by Crippen LogP contribution is 2.64. The van der Waals surface area contributed by atoms with E-state index in [1.807, 2.05) is 10.7 Å². The Kier molecular flexibility index (Phi) is 4.32. The summed E-state index contributed by atoms with van der Waals surface area (Å²) in [5.74, 6) is 1.79. The van der Waals surface area contributed by atoms with Gasteiger partial charge in [0.05, 0.1) is 24.0 Å². The van der Waals surface area contributed by atoms with Crippen LogP contribution in [0.5, 0.6) is 0 Å². The van der Waals surface area contributed by atoms with Crippen molar-refractivity contribution in [2.45, 2.75) is 69.4 Å². The largest absolute Gasteiger partial charge is 0.417 e. The molecule has 5 nitrogen and oxygen atoms in total. The van der Waals surface area contributed by atoms with Gasteiger partial charge in [0.15, 0.2) is 0 Å². The Morgan fingerprint density at radius 3 is 2.45 bits per heavy atom. The van der Waals surface area contributed by atoms with Crippen LogP contribution < -0.4 is 0 Å². The van der Waals surface area contributed by atoms with Gasteiger partial charge >= 0.3 is 6.18 Å². The molecule has 2 aliphatic heterocycles. The minimum atomic E-state index is -4.41. The van der Waals surface area contributed by atoms with Crippen LogP contribution in [0.1, 0.15) is 56.3 Å². The molecule has 2 aliphatic carbocycles. The van der Waals surface area contributed by atoms with Crippen molar-refractivity contribution in [1.82, 2.24) is 19.7 Å². The van der Waals surface area contributed by atoms with Crippen LogP contribution in [0.4, 0.5) is 13.2 Å². The normalized spacial score (nSPS) is 34.6. The van der Waals surface area contributed by atoms with Crippen LogP contribution in [-0.2, 0) is 10.9 Å². The molecule has 6 atom stereocenters. The van der Waals surface area contributed by atoms with E-state index in [2.05, 4.69) is 23.7 Å². The van der Waals surface area contributed by atoms with Gasteiger partial charge in [-0.3, -0.25) is 14.6 Å². The second-order valence-corrected chi connectivity index (χ2v) is 9.97. The lowest BCUT2D eigenvalue weighted by Crippen LogP contribution is -2.43. The topological polar surface area (TPSA) is 43.2 Å². The van der Waals surface area contributed by atoms with E-state index >= 15 is 0 Å². The molecule has 6 rings (SSSR count). The fourth-order valence-electron chi connectivity index (χ4n) is 6.35. The zero-order chi connectivity index (χ0) is 21.5. The molecular weight excluding hydrogens is 405 g/mol. The van der Waals surface area contributed by atoms with Crippen LogP contribution in [0.25, 0.3) is 11.3 Å². The molecule has 4 fully saturated rings. The predicted molar refractivity (Wildman–Crippen MR) is 108 cm³/mol. The van der Waals surface area contributed by atoms with Crippen LogP contribution in [0.15, 0.2) is 24.5 Å². The average molecular weight is 432 g/mol. The third-order valence-electron chi connectivity index (χ3n) is 7.79. The summed E-state index contributed by atoms with van der Waals surface area (Å²) in [6.45, 7) is 6.11. The fourth-order valence-corrected chi connectivity index (χ4v) is 6.35. The van der Waals surface area contributed by atoms with Crippen molar-refractivity contribution in [2.24, 2.45) is 11.8 Å². The van der Waals surface area contributed by atoms with Crippen molar-refractivity contribution in [3.05, 3.63) is 35.8 Å². The summed E-state index contributed by atoms with van der Waals surface area (Å²) >= 11 is 0. The first-order chi connectivity index (χ1) is 14.8. The molecule has 4 heterocycles. The molecule has 0 spiro atoms. The fraction of sp³-hybridized carbons (Fsp3) is 0.652. The quantitative estimate of drug-likeness (QED) is 0.713. The summed E-state index contributed by atoms with van der Waals surface area (Å²) in [6.07, 6.45) is 1.97. The minimum absolute atomic E-state index is 0.158. The van der Waals surface area contributed by atoms with Crippen molar-refractivity contribution in [3.63, 3.8) is 0 Å². The van der Waals surface area contributed by atoms with Crippen molar-refractivity contribution < 1.29 is 17.9 Å². The maximum atomic E-state index is 13.1. The SMILES string of the molecule is CC(C)n1nc(-c2cncc(C(F)(F)F)c2)cc1C1[C@H]2CC(N3C[C@H]4C[C@@H]3CO4)C[C@@H]12. The Balaban J connectivity index is 1.23. The predicted octanol–water partition coefficient (Wildman–Crippen LogP) is 4.51. The first kappa shape index (κ1) is 19.7. The summed E-state index contributed by atoms with van der Waals surface area (Å²) in [5, 5.41) is 4.70. The highest BCUT2D eigenvalue weighted by atomic mass is 19.4. The van der Waals surface area contributed by atoms with Crippen LogP contribution >= 0.6 is 0 Å². The molecule has 166 valence electrons. The van der Waals surface area contributed by atoms with Gasteiger partial charge in [0.2, 0.25) is 0 Å². The Hall–Kier alpha value is -1.93. The number of alkyl halides is 3. The number of morpholine rings is 1. The van der Waals surface area contributed by atoms with Crippen LogP contribution in [0.3, 0.4) is 0 Å². The van der Waals surface area contributed by atoms with E-state index in [4.69, 9.17) is 9.84 Å². The van der Waals surface area contributed by atoms with E-state index in [1.165, 1.54) is 31.2 Å². The standard InChI is InChI=1S/C23H27F3N4O/c1-12(2)30-21(7-20(28-30)13-3-14(9-27-8-13)23(24,25)26)22-18-5-15(6-19(18)22)29-10-17-4-16(29)11-31-17/h3,7-9,12,15-19,22H,4-6,10-11H2,1-2H3/t15?,16-,17-,18-,19+,22?/m1/s1. The van der Waals surface area contributed by atoms with Crippen LogP contribution in [-0.4, -0.2) is 51.0 Å². The lowest BCUT2D eigenvalue weighted by Gasteiger charge is -2.33.